The van der Waals surface area contributed by atoms with Gasteiger partial charge in [-0.15, -0.1) is 0 Å². The van der Waals surface area contributed by atoms with Gasteiger partial charge in [-0.1, -0.05) is 12.1 Å². The van der Waals surface area contributed by atoms with Crippen molar-refractivity contribution in [2.75, 3.05) is 27.7 Å². The lowest BCUT2D eigenvalue weighted by Crippen LogP contribution is -2.32. The van der Waals surface area contributed by atoms with Crippen LogP contribution in [0.25, 0.3) is 0 Å². The van der Waals surface area contributed by atoms with Crippen molar-refractivity contribution in [2.45, 2.75) is 32.5 Å². The van der Waals surface area contributed by atoms with Gasteiger partial charge in [0.05, 0.1) is 7.11 Å². The average molecular weight is 409 g/mol. The van der Waals surface area contributed by atoms with Crippen molar-refractivity contribution >= 4 is 5.91 Å². The number of hydrogen-bond donors (Lipinski definition) is 1. The largest absolute Gasteiger partial charge is 0.497 e. The van der Waals surface area contributed by atoms with Crippen LogP contribution in [0.2, 0.25) is 0 Å². The van der Waals surface area contributed by atoms with Gasteiger partial charge in [0.2, 0.25) is 0 Å². The summed E-state index contributed by atoms with van der Waals surface area (Å²) in [6.07, 6.45) is 3.49. The quantitative estimate of drug-likeness (QED) is 0.648. The highest BCUT2D eigenvalue weighted by atomic mass is 16.5. The molecule has 4 rings (SSSR count). The van der Waals surface area contributed by atoms with E-state index in [9.17, 15) is 4.79 Å². The second-order valence-electron chi connectivity index (χ2n) is 7.84. The minimum Gasteiger partial charge on any atom is -0.497 e. The molecule has 30 heavy (non-hydrogen) atoms. The second-order valence-corrected chi connectivity index (χ2v) is 7.84. The summed E-state index contributed by atoms with van der Waals surface area (Å²) in [5.41, 5.74) is 5.09. The molecule has 2 aromatic heterocycles. The molecule has 0 saturated carbocycles. The van der Waals surface area contributed by atoms with Crippen LogP contribution >= 0.6 is 0 Å². The van der Waals surface area contributed by atoms with Gasteiger partial charge in [-0.2, -0.15) is 10.2 Å². The van der Waals surface area contributed by atoms with E-state index in [0.717, 1.165) is 49.5 Å². The summed E-state index contributed by atoms with van der Waals surface area (Å²) in [7, 11) is 5.22. The molecule has 1 aromatic carbocycles. The standard InChI is InChI=1S/C22H28N6O2/c1-26(2)22(29)21-19-15-27(14-17-8-11-23-24-17)12-10-20(19)28(25-21)13-9-16-4-6-18(30-3)7-5-16/h4-8,11H,9-10,12-15H2,1-3H3,(H,23,24). The van der Waals surface area contributed by atoms with E-state index in [1.54, 1.807) is 32.3 Å². The molecule has 0 aliphatic carbocycles. The molecular formula is C22H28N6O2. The molecule has 0 fully saturated rings. The number of aromatic nitrogens is 4. The number of benzene rings is 1. The Balaban J connectivity index is 1.55. The number of ether oxygens (including phenoxy) is 1. The highest BCUT2D eigenvalue weighted by Crippen LogP contribution is 2.25. The van der Waals surface area contributed by atoms with Gasteiger partial charge in [-0.3, -0.25) is 19.5 Å². The molecule has 3 heterocycles. The number of aromatic amines is 1. The van der Waals surface area contributed by atoms with Gasteiger partial charge in [0.25, 0.3) is 5.91 Å². The number of amides is 1. The number of hydrogen-bond acceptors (Lipinski definition) is 5. The summed E-state index contributed by atoms with van der Waals surface area (Å²) >= 11 is 0. The molecule has 0 spiro atoms. The van der Waals surface area contributed by atoms with Crippen molar-refractivity contribution in [2.24, 2.45) is 0 Å². The molecule has 1 aliphatic heterocycles. The number of nitrogens with zero attached hydrogens (tertiary/aromatic N) is 5. The Bertz CT molecular complexity index is 992. The number of nitrogens with one attached hydrogen (secondary N) is 1. The Hall–Kier alpha value is -3.13. The number of methoxy groups -OCH3 is 1. The van der Waals surface area contributed by atoms with Crippen LogP contribution < -0.4 is 4.74 Å². The Labute approximate surface area is 176 Å². The lowest BCUT2D eigenvalue weighted by molar-refractivity contribution is 0.0818. The van der Waals surface area contributed by atoms with E-state index in [-0.39, 0.29) is 5.91 Å². The zero-order valence-corrected chi connectivity index (χ0v) is 17.8. The van der Waals surface area contributed by atoms with Crippen molar-refractivity contribution in [3.05, 3.63) is 64.7 Å². The Morgan fingerprint density at radius 3 is 2.70 bits per heavy atom. The molecule has 158 valence electrons. The van der Waals surface area contributed by atoms with E-state index in [2.05, 4.69) is 27.2 Å². The summed E-state index contributed by atoms with van der Waals surface area (Å²) < 4.78 is 7.27. The Morgan fingerprint density at radius 2 is 2.03 bits per heavy atom. The normalized spacial score (nSPS) is 13.8. The molecule has 0 unspecified atom stereocenters. The molecular weight excluding hydrogens is 380 g/mol. The van der Waals surface area contributed by atoms with Gasteiger partial charge in [-0.25, -0.2) is 0 Å². The molecule has 3 aromatic rings. The predicted molar refractivity (Wildman–Crippen MR) is 113 cm³/mol. The monoisotopic (exact) mass is 408 g/mol. The summed E-state index contributed by atoms with van der Waals surface area (Å²) in [5.74, 6) is 0.810. The van der Waals surface area contributed by atoms with Crippen LogP contribution in [0.5, 0.6) is 5.75 Å². The first-order chi connectivity index (χ1) is 14.5. The first-order valence-corrected chi connectivity index (χ1v) is 10.2. The van der Waals surface area contributed by atoms with Gasteiger partial charge in [0.1, 0.15) is 5.75 Å². The minimum atomic E-state index is -0.0437. The van der Waals surface area contributed by atoms with Crippen LogP contribution in [-0.2, 0) is 32.5 Å². The van der Waals surface area contributed by atoms with Crippen LogP contribution in [0.15, 0.2) is 36.5 Å². The van der Waals surface area contributed by atoms with Crippen LogP contribution in [0, 0.1) is 0 Å². The number of rotatable bonds is 7. The summed E-state index contributed by atoms with van der Waals surface area (Å²) in [6, 6.07) is 10.1. The Morgan fingerprint density at radius 1 is 1.23 bits per heavy atom. The van der Waals surface area contributed by atoms with Gasteiger partial charge < -0.3 is 9.64 Å². The van der Waals surface area contributed by atoms with Crippen molar-refractivity contribution in [3.63, 3.8) is 0 Å². The molecule has 1 N–H and O–H groups in total. The number of aryl methyl sites for hydroxylation is 2. The van der Waals surface area contributed by atoms with Crippen LogP contribution in [0.1, 0.15) is 33.0 Å². The first-order valence-electron chi connectivity index (χ1n) is 10.2. The van der Waals surface area contributed by atoms with Gasteiger partial charge in [0, 0.05) is 69.8 Å². The third kappa shape index (κ3) is 4.23. The molecule has 1 aliphatic rings. The molecule has 0 radical (unpaired) electrons. The van der Waals surface area contributed by atoms with Crippen molar-refractivity contribution in [3.8, 4) is 5.75 Å². The first kappa shape index (κ1) is 20.2. The van der Waals surface area contributed by atoms with E-state index in [1.807, 2.05) is 22.9 Å². The third-order valence-electron chi connectivity index (χ3n) is 5.55. The van der Waals surface area contributed by atoms with E-state index < -0.39 is 0 Å². The second kappa shape index (κ2) is 8.71. The zero-order chi connectivity index (χ0) is 21.1. The smallest absolute Gasteiger partial charge is 0.274 e. The third-order valence-corrected chi connectivity index (χ3v) is 5.55. The lowest BCUT2D eigenvalue weighted by Gasteiger charge is -2.27. The van der Waals surface area contributed by atoms with Crippen molar-refractivity contribution < 1.29 is 9.53 Å². The number of carbonyl (C=O) groups excluding carboxylic acids is 1. The van der Waals surface area contributed by atoms with E-state index in [4.69, 9.17) is 9.84 Å². The van der Waals surface area contributed by atoms with E-state index >= 15 is 0 Å². The molecule has 8 heteroatoms. The van der Waals surface area contributed by atoms with E-state index in [0.29, 0.717) is 12.2 Å². The highest BCUT2D eigenvalue weighted by molar-refractivity contribution is 5.93. The maximum absolute atomic E-state index is 12.8. The van der Waals surface area contributed by atoms with Crippen LogP contribution in [0.4, 0.5) is 0 Å². The number of H-pyrrole nitrogens is 1. The number of carbonyl (C=O) groups is 1. The molecule has 1 amide bonds. The topological polar surface area (TPSA) is 79.3 Å². The average Bonchev–Trinajstić information content (AvgIpc) is 3.39. The maximum atomic E-state index is 12.8. The summed E-state index contributed by atoms with van der Waals surface area (Å²) in [6.45, 7) is 3.17. The lowest BCUT2D eigenvalue weighted by atomic mass is 10.0. The molecule has 0 saturated heterocycles. The molecule has 0 bridgehead atoms. The fourth-order valence-electron chi connectivity index (χ4n) is 3.89. The van der Waals surface area contributed by atoms with E-state index in [1.165, 1.54) is 11.3 Å². The zero-order valence-electron chi connectivity index (χ0n) is 17.8. The summed E-state index contributed by atoms with van der Waals surface area (Å²) in [5, 5.41) is 11.8. The van der Waals surface area contributed by atoms with Crippen molar-refractivity contribution in [1.29, 1.82) is 0 Å². The summed E-state index contributed by atoms with van der Waals surface area (Å²) in [4.78, 5) is 16.7. The minimum absolute atomic E-state index is 0.0437. The molecule has 0 atom stereocenters. The van der Waals surface area contributed by atoms with Crippen LogP contribution in [0.3, 0.4) is 0 Å². The fourth-order valence-corrected chi connectivity index (χ4v) is 3.89. The van der Waals surface area contributed by atoms with Gasteiger partial charge >= 0.3 is 0 Å². The van der Waals surface area contributed by atoms with Gasteiger partial charge in [-0.05, 0) is 30.2 Å². The molecule has 8 nitrogen and oxygen atoms in total. The maximum Gasteiger partial charge on any atom is 0.274 e. The fraction of sp³-hybridized carbons (Fsp3) is 0.409. The Kier molecular flexibility index (Phi) is 5.85. The van der Waals surface area contributed by atoms with Gasteiger partial charge in [0.15, 0.2) is 5.69 Å². The highest BCUT2D eigenvalue weighted by Gasteiger charge is 2.28. The van der Waals surface area contributed by atoms with Crippen LogP contribution in [-0.4, -0.2) is 63.4 Å². The number of fused-ring (bicyclic) bond motifs is 1. The predicted octanol–water partition coefficient (Wildman–Crippen LogP) is 2.12. The SMILES string of the molecule is COc1ccc(CCn2nc(C(=O)N(C)C)c3c2CCN(Cc2ccn[nH]2)C3)cc1. The van der Waals surface area contributed by atoms with Crippen molar-refractivity contribution in [1.82, 2.24) is 29.8 Å².